The van der Waals surface area contributed by atoms with Crippen molar-refractivity contribution in [1.29, 1.82) is 0 Å². The van der Waals surface area contributed by atoms with Gasteiger partial charge in [0.2, 0.25) is 40.1 Å². The number of nitrogens with zero attached hydrogens (tertiary/aromatic N) is 13. The molecular weight excluding hydrogens is 1850 g/mol. The number of benzene rings is 7. The Labute approximate surface area is 812 Å². The van der Waals surface area contributed by atoms with E-state index in [1.807, 2.05) is 182 Å². The van der Waals surface area contributed by atoms with Crippen molar-refractivity contribution in [2.45, 2.75) is 167 Å². The summed E-state index contributed by atoms with van der Waals surface area (Å²) in [5.41, 5.74) is 17.3. The SMILES string of the molecule is CNC(=O)c1c2cc(C3CC3)c(N(CCC3COC3)S(C)(=O)=O)cc2nn1-c1ccc(C)cn1.CNC(=O)c1c2cc(C3CC3)c(N(CC[C@@H]3CO[C@@H]3C)S(C)(=O)=O)cc2nn1-c1ccc(C)cc1.CNC(=O)c1c2cc(C3CC3)c(N(CC[C@@H]3CO[C@H]3C)S(C)(=O)=O)cc2nn1-c1ccc(C)cc1.CNC(=O)c1c2cc(C3CC3)c(N(CC[C@H]3CO[C@@H]3C)S(C)(=O)=O)cc2nn1-c1ccc(C)cc1. The quantitative estimate of drug-likeness (QED) is 0.0304. The van der Waals surface area contributed by atoms with E-state index in [-0.39, 0.29) is 65.6 Å². The Hall–Kier alpha value is -11.7. The van der Waals surface area contributed by atoms with Crippen LogP contribution in [0, 0.1) is 51.4 Å². The number of rotatable bonds is 32. The first-order chi connectivity index (χ1) is 66.3. The number of ether oxygens (including phenoxy) is 4. The molecule has 37 heteroatoms. The lowest BCUT2D eigenvalue weighted by Crippen LogP contribution is -2.41. The summed E-state index contributed by atoms with van der Waals surface area (Å²) in [6.07, 6.45) is 18.2. The molecule has 0 unspecified atom stereocenters. The molecule has 0 bridgehead atoms. The number of aryl methyl sites for hydroxylation is 4. The maximum atomic E-state index is 13.0. The number of carbonyl (C=O) groups excluding carboxylic acids is 4. The number of aromatic nitrogens is 9. The van der Waals surface area contributed by atoms with Gasteiger partial charge in [-0.3, -0.25) is 36.4 Å². The van der Waals surface area contributed by atoms with Crippen LogP contribution in [0.25, 0.3) is 66.5 Å². The van der Waals surface area contributed by atoms with Crippen molar-refractivity contribution in [3.8, 4) is 22.9 Å². The Bertz CT molecular complexity index is 6660. The molecule has 33 nitrogen and oxygen atoms in total. The van der Waals surface area contributed by atoms with Crippen molar-refractivity contribution in [3.05, 3.63) is 207 Å². The highest BCUT2D eigenvalue weighted by Gasteiger charge is 2.41. The molecule has 8 fully saturated rings. The molecule has 7 aromatic carbocycles. The predicted octanol–water partition coefficient (Wildman–Crippen LogP) is 14.1. The van der Waals surface area contributed by atoms with Gasteiger partial charge in [0.1, 0.15) is 22.8 Å². The van der Waals surface area contributed by atoms with E-state index in [1.165, 1.54) is 42.2 Å². The Balaban J connectivity index is 0.000000128. The number of sulfonamides is 4. The second kappa shape index (κ2) is 40.1. The first-order valence-electron chi connectivity index (χ1n) is 47.9. The zero-order valence-electron chi connectivity index (χ0n) is 81.5. The molecule has 4 N–H and O–H groups in total. The fourth-order valence-electron chi connectivity index (χ4n) is 18.7. The van der Waals surface area contributed by atoms with Gasteiger partial charge in [0, 0.05) is 106 Å². The Kier molecular flexibility index (Phi) is 28.5. The molecule has 20 rings (SSSR count). The van der Waals surface area contributed by atoms with Gasteiger partial charge in [-0.15, -0.1) is 0 Å². The van der Waals surface area contributed by atoms with Crippen molar-refractivity contribution in [2.75, 3.05) is 130 Å². The normalized spacial score (nSPS) is 19.1. The molecule has 0 radical (unpaired) electrons. The van der Waals surface area contributed by atoms with E-state index in [0.717, 1.165) is 155 Å². The van der Waals surface area contributed by atoms with Crippen LogP contribution in [0.1, 0.15) is 208 Å². The predicted molar refractivity (Wildman–Crippen MR) is 541 cm³/mol. The lowest BCUT2D eigenvalue weighted by atomic mass is 9.95. The smallest absolute Gasteiger partial charge is 0.270 e. The van der Waals surface area contributed by atoms with Gasteiger partial charge in [-0.1, -0.05) is 59.2 Å². The van der Waals surface area contributed by atoms with Crippen LogP contribution in [0.5, 0.6) is 0 Å². The summed E-state index contributed by atoms with van der Waals surface area (Å²) in [5, 5.41) is 32.8. The standard InChI is InChI=1S/3C26H32N4O4S.C24H29N5O4S/c3*1-16-5-9-20(10-6-16)30-25(26(31)27-3)22-13-21(18-7-8-18)24(14-23(22)28-30)29(35(4,32)33)12-11-19-15-34-17(19)2;1-15-4-7-22(26-12-15)29-23(24(30)25-2)19-10-18(17-5-6-17)21(11-20(19)27-29)28(34(3,31)32)9-8-16-13-33-14-16/h3*5-6,9-10,13-14,17-19H,7-8,11-12,15H2,1-4H3,(H,27,31);4,7,10-12,16-17H,5-6,8-9,13-14H2,1-3H3,(H,25,30)/t2*17-,19+;17-,19-;/m101./s1. The zero-order valence-corrected chi connectivity index (χ0v) is 84.7. The molecule has 8 aliphatic rings. The summed E-state index contributed by atoms with van der Waals surface area (Å²) in [6, 6.07) is 42.5. The van der Waals surface area contributed by atoms with Gasteiger partial charge < -0.3 is 40.2 Å². The Morgan fingerprint density at radius 2 is 0.597 bits per heavy atom. The molecule has 139 heavy (non-hydrogen) atoms. The maximum absolute atomic E-state index is 13.0. The molecule has 9 heterocycles. The maximum Gasteiger partial charge on any atom is 0.270 e. The largest absolute Gasteiger partial charge is 0.381 e. The van der Waals surface area contributed by atoms with Gasteiger partial charge in [0.25, 0.3) is 23.6 Å². The van der Waals surface area contributed by atoms with E-state index in [9.17, 15) is 52.8 Å². The monoisotopic (exact) mass is 1970 g/mol. The van der Waals surface area contributed by atoms with E-state index < -0.39 is 40.1 Å². The molecule has 738 valence electrons. The summed E-state index contributed by atoms with van der Waals surface area (Å²) in [4.78, 5) is 56.3. The highest BCUT2D eigenvalue weighted by atomic mass is 32.2. The van der Waals surface area contributed by atoms with E-state index in [4.69, 9.17) is 39.3 Å². The number of carbonyl (C=O) groups is 4. The molecular formula is C102H125N17O16S4. The average molecular weight is 1970 g/mol. The van der Waals surface area contributed by atoms with Crippen molar-refractivity contribution in [2.24, 2.45) is 23.7 Å². The second-order valence-corrected chi connectivity index (χ2v) is 46.3. The molecule has 5 aromatic heterocycles. The highest BCUT2D eigenvalue weighted by molar-refractivity contribution is 7.93. The number of nitrogens with one attached hydrogen (secondary N) is 4. The molecule has 0 spiro atoms. The van der Waals surface area contributed by atoms with Crippen LogP contribution in [0.2, 0.25) is 0 Å². The van der Waals surface area contributed by atoms with Crippen LogP contribution in [-0.2, 0) is 59.0 Å². The van der Waals surface area contributed by atoms with Gasteiger partial charge in [0.05, 0.1) is 138 Å². The minimum absolute atomic E-state index is 0.155. The average Bonchev–Trinajstić information content (AvgIpc) is 1.61. The molecule has 12 aromatic rings. The summed E-state index contributed by atoms with van der Waals surface area (Å²) >= 11 is 0. The Morgan fingerprint density at radius 1 is 0.345 bits per heavy atom. The van der Waals surface area contributed by atoms with Gasteiger partial charge in [0.15, 0.2) is 5.82 Å². The van der Waals surface area contributed by atoms with Gasteiger partial charge in [-0.2, -0.15) is 20.4 Å². The van der Waals surface area contributed by atoms with Crippen molar-refractivity contribution in [3.63, 3.8) is 0 Å². The minimum Gasteiger partial charge on any atom is -0.381 e. The lowest BCUT2D eigenvalue weighted by Gasteiger charge is -2.36. The summed E-state index contributed by atoms with van der Waals surface area (Å²) in [6.45, 7) is 19.0. The molecule has 6 atom stereocenters. The molecule has 4 aliphatic carbocycles. The fraction of sp³-hybridized carbons (Fsp3) is 0.461. The van der Waals surface area contributed by atoms with E-state index in [2.05, 4.69) is 26.3 Å². The lowest BCUT2D eigenvalue weighted by molar-refractivity contribution is -0.104. The first kappa shape index (κ1) is 98.9. The molecule has 4 saturated carbocycles. The number of fused-ring (bicyclic) bond motifs is 4. The van der Waals surface area contributed by atoms with Crippen molar-refractivity contribution in [1.82, 2.24) is 65.4 Å². The zero-order chi connectivity index (χ0) is 98.7. The van der Waals surface area contributed by atoms with Gasteiger partial charge in [-0.25, -0.2) is 57.4 Å². The van der Waals surface area contributed by atoms with Gasteiger partial charge >= 0.3 is 0 Å². The summed E-state index contributed by atoms with van der Waals surface area (Å²) < 4.78 is 138. The van der Waals surface area contributed by atoms with Crippen LogP contribution in [0.15, 0.2) is 140 Å². The van der Waals surface area contributed by atoms with Crippen LogP contribution >= 0.6 is 0 Å². The fourth-order valence-corrected chi connectivity index (χ4v) is 22.5. The first-order valence-corrected chi connectivity index (χ1v) is 55.3. The third kappa shape index (κ3) is 21.5. The van der Waals surface area contributed by atoms with Crippen LogP contribution < -0.4 is 38.5 Å². The van der Waals surface area contributed by atoms with Gasteiger partial charge in [-0.05, 0) is 268 Å². The number of amides is 4. The third-order valence-electron chi connectivity index (χ3n) is 28.0. The highest BCUT2D eigenvalue weighted by Crippen LogP contribution is 2.52. The molecule has 4 saturated heterocycles. The van der Waals surface area contributed by atoms with Crippen LogP contribution in [-0.4, -0.2) is 232 Å². The summed E-state index contributed by atoms with van der Waals surface area (Å²) in [7, 11) is -7.66. The van der Waals surface area contributed by atoms with Crippen LogP contribution in [0.3, 0.4) is 0 Å². The topological polar surface area (TPSA) is 387 Å². The second-order valence-electron chi connectivity index (χ2n) is 38.7. The van der Waals surface area contributed by atoms with Crippen molar-refractivity contribution < 1.29 is 71.8 Å². The van der Waals surface area contributed by atoms with E-state index in [1.54, 1.807) is 53.1 Å². The van der Waals surface area contributed by atoms with E-state index in [0.29, 0.717) is 162 Å². The van der Waals surface area contributed by atoms with E-state index >= 15 is 0 Å². The number of hydrogen-bond donors (Lipinski definition) is 4. The minimum atomic E-state index is -3.51. The number of pyridine rings is 1. The Morgan fingerprint density at radius 3 is 0.806 bits per heavy atom. The number of anilines is 4. The molecule has 4 amide bonds. The third-order valence-corrected chi connectivity index (χ3v) is 32.7. The van der Waals surface area contributed by atoms with Crippen LogP contribution in [0.4, 0.5) is 22.7 Å². The summed E-state index contributed by atoms with van der Waals surface area (Å²) in [5.74, 6) is 2.11. The van der Waals surface area contributed by atoms with Crippen molar-refractivity contribution >= 4 is 130 Å². The number of hydrogen-bond acceptors (Lipinski definition) is 21. The molecule has 4 aliphatic heterocycles.